The molecule has 0 heterocycles. The molecule has 1 nitrogen and oxygen atoms in total. The highest BCUT2D eigenvalue weighted by atomic mass is 33.1. The molecule has 1 atom stereocenters. The Morgan fingerprint density at radius 3 is 2.46 bits per heavy atom. The van der Waals surface area contributed by atoms with Crippen molar-refractivity contribution in [2.45, 2.75) is 64.5 Å². The Hall–Kier alpha value is 0.660. The zero-order valence-electron chi connectivity index (χ0n) is 8.70. The highest BCUT2D eigenvalue weighted by Crippen LogP contribution is 2.31. The SMILES string of the molecule is CCC(C)N(SS)C1CCCCC1. The first kappa shape index (κ1) is 11.7. The normalized spacial score (nSPS) is 22.2. The van der Waals surface area contributed by atoms with E-state index in [2.05, 4.69) is 29.8 Å². The van der Waals surface area contributed by atoms with Gasteiger partial charge >= 0.3 is 0 Å². The Bertz CT molecular complexity index is 135. The van der Waals surface area contributed by atoms with Gasteiger partial charge in [0.1, 0.15) is 0 Å². The molecule has 0 saturated heterocycles. The summed E-state index contributed by atoms with van der Waals surface area (Å²) < 4.78 is 2.49. The molecular formula is C10H21NS2. The fourth-order valence-corrected chi connectivity index (χ4v) is 3.56. The van der Waals surface area contributed by atoms with E-state index in [4.69, 9.17) is 0 Å². The molecule has 0 spiro atoms. The lowest BCUT2D eigenvalue weighted by Crippen LogP contribution is -2.36. The Balaban J connectivity index is 2.43. The average Bonchev–Trinajstić information content (AvgIpc) is 2.20. The molecule has 0 aromatic carbocycles. The van der Waals surface area contributed by atoms with Crippen molar-refractivity contribution in [3.63, 3.8) is 0 Å². The van der Waals surface area contributed by atoms with Crippen LogP contribution in [0, 0.1) is 0 Å². The molecule has 1 aliphatic carbocycles. The second-order valence-corrected chi connectivity index (χ2v) is 5.07. The molecule has 1 fully saturated rings. The molecule has 0 aromatic rings. The summed E-state index contributed by atoms with van der Waals surface area (Å²) in [6.07, 6.45) is 8.22. The number of thiol groups is 1. The highest BCUT2D eigenvalue weighted by Gasteiger charge is 2.23. The van der Waals surface area contributed by atoms with Gasteiger partial charge in [-0.05, 0) is 37.2 Å². The summed E-state index contributed by atoms with van der Waals surface area (Å²) >= 11 is 4.36. The van der Waals surface area contributed by atoms with E-state index in [1.165, 1.54) is 38.5 Å². The second-order valence-electron chi connectivity index (χ2n) is 3.99. The molecule has 3 heteroatoms. The first-order chi connectivity index (χ1) is 6.29. The molecule has 0 aliphatic heterocycles. The van der Waals surface area contributed by atoms with Crippen LogP contribution in [0.4, 0.5) is 0 Å². The van der Waals surface area contributed by atoms with E-state index in [9.17, 15) is 0 Å². The predicted octanol–water partition coefficient (Wildman–Crippen LogP) is 3.91. The lowest BCUT2D eigenvalue weighted by atomic mass is 9.95. The maximum atomic E-state index is 4.36. The van der Waals surface area contributed by atoms with Crippen molar-refractivity contribution in [2.24, 2.45) is 0 Å². The van der Waals surface area contributed by atoms with Gasteiger partial charge in [-0.15, -0.1) is 0 Å². The van der Waals surface area contributed by atoms with Gasteiger partial charge in [0.25, 0.3) is 0 Å². The number of hydrogen-bond acceptors (Lipinski definition) is 3. The van der Waals surface area contributed by atoms with E-state index in [1.807, 2.05) is 0 Å². The van der Waals surface area contributed by atoms with Gasteiger partial charge in [0, 0.05) is 12.1 Å². The zero-order chi connectivity index (χ0) is 9.68. The minimum Gasteiger partial charge on any atom is -0.236 e. The van der Waals surface area contributed by atoms with Gasteiger partial charge in [0.15, 0.2) is 0 Å². The Morgan fingerprint density at radius 2 is 2.00 bits per heavy atom. The van der Waals surface area contributed by atoms with Crippen LogP contribution in [-0.4, -0.2) is 16.4 Å². The van der Waals surface area contributed by atoms with E-state index in [-0.39, 0.29) is 0 Å². The summed E-state index contributed by atoms with van der Waals surface area (Å²) in [4.78, 5) is 0. The van der Waals surface area contributed by atoms with Gasteiger partial charge in [-0.2, -0.15) is 0 Å². The Kier molecular flexibility index (Phi) is 5.60. The van der Waals surface area contributed by atoms with Crippen LogP contribution in [0.1, 0.15) is 52.4 Å². The lowest BCUT2D eigenvalue weighted by molar-refractivity contribution is 0.228. The van der Waals surface area contributed by atoms with Crippen molar-refractivity contribution in [1.29, 1.82) is 0 Å². The summed E-state index contributed by atoms with van der Waals surface area (Å²) in [5.74, 6) is 0. The van der Waals surface area contributed by atoms with E-state index in [1.54, 1.807) is 11.0 Å². The summed E-state index contributed by atoms with van der Waals surface area (Å²) in [5.41, 5.74) is 0. The molecule has 1 saturated carbocycles. The third kappa shape index (κ3) is 3.37. The lowest BCUT2D eigenvalue weighted by Gasteiger charge is -2.35. The van der Waals surface area contributed by atoms with Crippen molar-refractivity contribution >= 4 is 22.6 Å². The predicted molar refractivity (Wildman–Crippen MR) is 65.0 cm³/mol. The molecule has 0 radical (unpaired) electrons. The molecular weight excluding hydrogens is 198 g/mol. The maximum absolute atomic E-state index is 4.36. The molecule has 78 valence electrons. The van der Waals surface area contributed by atoms with E-state index < -0.39 is 0 Å². The number of rotatable bonds is 4. The molecule has 0 N–H and O–H groups in total. The third-order valence-electron chi connectivity index (χ3n) is 3.05. The number of hydrogen-bond donors (Lipinski definition) is 1. The van der Waals surface area contributed by atoms with Crippen LogP contribution in [0.25, 0.3) is 0 Å². The fraction of sp³-hybridized carbons (Fsp3) is 1.00. The van der Waals surface area contributed by atoms with Crippen LogP contribution in [-0.2, 0) is 0 Å². The average molecular weight is 219 g/mol. The van der Waals surface area contributed by atoms with E-state index in [0.29, 0.717) is 6.04 Å². The minimum atomic E-state index is 0.672. The molecule has 0 bridgehead atoms. The quantitative estimate of drug-likeness (QED) is 0.434. The first-order valence-corrected chi connectivity index (χ1v) is 7.22. The first-order valence-electron chi connectivity index (χ1n) is 5.39. The summed E-state index contributed by atoms with van der Waals surface area (Å²) in [5, 5.41) is 0. The van der Waals surface area contributed by atoms with Gasteiger partial charge < -0.3 is 0 Å². The fourth-order valence-electron chi connectivity index (χ4n) is 2.02. The summed E-state index contributed by atoms with van der Waals surface area (Å²) in [6.45, 7) is 4.56. The van der Waals surface area contributed by atoms with Crippen LogP contribution in [0.15, 0.2) is 0 Å². The molecule has 1 aliphatic rings. The van der Waals surface area contributed by atoms with Crippen molar-refractivity contribution in [3.05, 3.63) is 0 Å². The standard InChI is InChI=1S/C10H21NS2/c1-3-9(2)11(13-12)10-7-5-4-6-8-10/h9-10,12H,3-8H2,1-2H3. The molecule has 13 heavy (non-hydrogen) atoms. The second kappa shape index (κ2) is 6.20. The molecule has 0 aromatic heterocycles. The zero-order valence-corrected chi connectivity index (χ0v) is 10.4. The van der Waals surface area contributed by atoms with Gasteiger partial charge in [-0.3, -0.25) is 0 Å². The highest BCUT2D eigenvalue weighted by molar-refractivity contribution is 8.67. The Morgan fingerprint density at radius 1 is 1.38 bits per heavy atom. The van der Waals surface area contributed by atoms with Gasteiger partial charge in [-0.25, -0.2) is 4.31 Å². The van der Waals surface area contributed by atoms with E-state index >= 15 is 0 Å². The molecule has 0 amide bonds. The topological polar surface area (TPSA) is 3.24 Å². The number of nitrogens with zero attached hydrogens (tertiary/aromatic N) is 1. The monoisotopic (exact) mass is 219 g/mol. The van der Waals surface area contributed by atoms with Crippen molar-refractivity contribution in [3.8, 4) is 0 Å². The van der Waals surface area contributed by atoms with Crippen LogP contribution < -0.4 is 0 Å². The van der Waals surface area contributed by atoms with Crippen molar-refractivity contribution in [1.82, 2.24) is 4.31 Å². The van der Waals surface area contributed by atoms with Gasteiger partial charge in [0.2, 0.25) is 0 Å². The van der Waals surface area contributed by atoms with Crippen molar-refractivity contribution < 1.29 is 0 Å². The third-order valence-corrected chi connectivity index (χ3v) is 4.47. The van der Waals surface area contributed by atoms with Gasteiger partial charge in [-0.1, -0.05) is 37.8 Å². The minimum absolute atomic E-state index is 0.672. The largest absolute Gasteiger partial charge is 0.236 e. The van der Waals surface area contributed by atoms with Gasteiger partial charge in [0.05, 0.1) is 0 Å². The summed E-state index contributed by atoms with van der Waals surface area (Å²) in [6, 6.07) is 1.46. The van der Waals surface area contributed by atoms with Crippen LogP contribution in [0.3, 0.4) is 0 Å². The van der Waals surface area contributed by atoms with Crippen LogP contribution >= 0.6 is 22.6 Å². The van der Waals surface area contributed by atoms with E-state index in [0.717, 1.165) is 6.04 Å². The maximum Gasteiger partial charge on any atom is 0.0213 e. The molecule has 1 unspecified atom stereocenters. The summed E-state index contributed by atoms with van der Waals surface area (Å²) in [7, 11) is 1.64. The van der Waals surface area contributed by atoms with Crippen LogP contribution in [0.2, 0.25) is 0 Å². The van der Waals surface area contributed by atoms with Crippen LogP contribution in [0.5, 0.6) is 0 Å². The smallest absolute Gasteiger partial charge is 0.0213 e. The van der Waals surface area contributed by atoms with Crippen molar-refractivity contribution in [2.75, 3.05) is 0 Å². The molecule has 1 rings (SSSR count). The Labute approximate surface area is 91.6 Å².